The van der Waals surface area contributed by atoms with Gasteiger partial charge in [0.25, 0.3) is 5.91 Å². The van der Waals surface area contributed by atoms with E-state index in [1.54, 1.807) is 18.9 Å². The first-order valence-corrected chi connectivity index (χ1v) is 10.4. The fraction of sp³-hybridized carbons (Fsp3) is 0.174. The second-order valence-corrected chi connectivity index (χ2v) is 7.97. The highest BCUT2D eigenvalue weighted by Gasteiger charge is 2.13. The van der Waals surface area contributed by atoms with Crippen LogP contribution >= 0.6 is 0 Å². The lowest BCUT2D eigenvalue weighted by atomic mass is 10.1. The first-order chi connectivity index (χ1) is 15.9. The summed E-state index contributed by atoms with van der Waals surface area (Å²) in [5.41, 5.74) is 5.55. The number of nitrogens with zero attached hydrogens (tertiary/aromatic N) is 6. The van der Waals surface area contributed by atoms with E-state index in [1.807, 2.05) is 66.8 Å². The largest absolute Gasteiger partial charge is 0.350 e. The lowest BCUT2D eigenvalue weighted by molar-refractivity contribution is 0.0946. The van der Waals surface area contributed by atoms with E-state index < -0.39 is 0 Å². The fourth-order valence-electron chi connectivity index (χ4n) is 3.68. The molecule has 0 saturated carbocycles. The van der Waals surface area contributed by atoms with Gasteiger partial charge in [0.15, 0.2) is 0 Å². The summed E-state index contributed by atoms with van der Waals surface area (Å²) in [4.78, 5) is 33.3. The maximum Gasteiger partial charge on any atom is 0.268 e. The topological polar surface area (TPSA) is 118 Å². The number of aromatic nitrogens is 7. The van der Waals surface area contributed by atoms with E-state index in [0.717, 1.165) is 39.2 Å². The van der Waals surface area contributed by atoms with Crippen LogP contribution in [0, 0.1) is 6.92 Å². The van der Waals surface area contributed by atoms with E-state index in [4.69, 9.17) is 0 Å². The van der Waals surface area contributed by atoms with Gasteiger partial charge in [0, 0.05) is 49.3 Å². The van der Waals surface area contributed by atoms with Crippen molar-refractivity contribution in [2.75, 3.05) is 5.32 Å². The number of aryl methyl sites for hydroxylation is 3. The molecule has 0 bridgehead atoms. The quantitative estimate of drug-likeness (QED) is 0.373. The van der Waals surface area contributed by atoms with Crippen LogP contribution < -0.4 is 10.6 Å². The van der Waals surface area contributed by atoms with Crippen LogP contribution in [-0.4, -0.2) is 40.0 Å². The Hall–Kier alpha value is -4.47. The second-order valence-electron chi connectivity index (χ2n) is 7.97. The van der Waals surface area contributed by atoms with Gasteiger partial charge in [-0.15, -0.1) is 0 Å². The van der Waals surface area contributed by atoms with Gasteiger partial charge in [-0.2, -0.15) is 0 Å². The zero-order valence-corrected chi connectivity index (χ0v) is 18.5. The fourth-order valence-corrected chi connectivity index (χ4v) is 3.68. The number of hydrogen-bond donors (Lipinski definition) is 3. The van der Waals surface area contributed by atoms with Gasteiger partial charge in [0.2, 0.25) is 5.95 Å². The summed E-state index contributed by atoms with van der Waals surface area (Å²) in [5, 5.41) is 7.08. The first kappa shape index (κ1) is 20.4. The van der Waals surface area contributed by atoms with E-state index >= 15 is 0 Å². The van der Waals surface area contributed by atoms with Gasteiger partial charge in [-0.3, -0.25) is 4.79 Å². The Morgan fingerprint density at radius 2 is 1.85 bits per heavy atom. The first-order valence-electron chi connectivity index (χ1n) is 10.4. The summed E-state index contributed by atoms with van der Waals surface area (Å²) in [7, 11) is 3.81. The number of rotatable bonds is 6. The van der Waals surface area contributed by atoms with Crippen LogP contribution in [0.1, 0.15) is 21.7 Å². The molecular formula is C23H23N9O. The smallest absolute Gasteiger partial charge is 0.268 e. The number of fused-ring (bicyclic) bond motifs is 1. The zero-order valence-electron chi connectivity index (χ0n) is 18.5. The number of aromatic amines is 1. The Morgan fingerprint density at radius 1 is 1.03 bits per heavy atom. The molecule has 0 spiro atoms. The lowest BCUT2D eigenvalue weighted by Gasteiger charge is -2.07. The molecule has 0 fully saturated rings. The molecule has 10 nitrogen and oxygen atoms in total. The number of H-pyrrole nitrogens is 1. The summed E-state index contributed by atoms with van der Waals surface area (Å²) < 4.78 is 3.72. The van der Waals surface area contributed by atoms with Gasteiger partial charge in [-0.05, 0) is 36.8 Å². The van der Waals surface area contributed by atoms with Crippen molar-refractivity contribution < 1.29 is 4.79 Å². The monoisotopic (exact) mass is 441 g/mol. The van der Waals surface area contributed by atoms with Crippen LogP contribution in [-0.2, 0) is 20.6 Å². The molecule has 166 valence electrons. The van der Waals surface area contributed by atoms with Crippen molar-refractivity contribution in [2.24, 2.45) is 14.1 Å². The zero-order chi connectivity index (χ0) is 22.9. The standard InChI is InChI=1S/C23H23N9O/c1-14-6-16(28-23-24-5-4-18(30-23)20-11-32(3)13-27-20)7-15-8-19(29-21(14)15)22(33)25-9-17-10-31(2)12-26-17/h4-8,10-13,29H,9H2,1-3H3,(H,25,33)(H,24,28,30). The van der Waals surface area contributed by atoms with E-state index in [2.05, 4.69) is 35.6 Å². The molecule has 0 radical (unpaired) electrons. The summed E-state index contributed by atoms with van der Waals surface area (Å²) in [6.07, 6.45) is 8.92. The molecule has 5 aromatic rings. The van der Waals surface area contributed by atoms with Crippen LogP contribution in [0.25, 0.3) is 22.3 Å². The second kappa shape index (κ2) is 8.23. The lowest BCUT2D eigenvalue weighted by Crippen LogP contribution is -2.23. The highest BCUT2D eigenvalue weighted by Crippen LogP contribution is 2.26. The summed E-state index contributed by atoms with van der Waals surface area (Å²) in [6.45, 7) is 2.36. The van der Waals surface area contributed by atoms with Gasteiger partial charge in [0.05, 0.1) is 30.6 Å². The number of imidazole rings is 2. The highest BCUT2D eigenvalue weighted by atomic mass is 16.1. The van der Waals surface area contributed by atoms with E-state index in [0.29, 0.717) is 18.2 Å². The minimum Gasteiger partial charge on any atom is -0.350 e. The van der Waals surface area contributed by atoms with Crippen molar-refractivity contribution in [1.29, 1.82) is 0 Å². The van der Waals surface area contributed by atoms with Gasteiger partial charge in [0.1, 0.15) is 11.4 Å². The maximum atomic E-state index is 12.6. The predicted octanol–water partition coefficient (Wildman–Crippen LogP) is 3.07. The Morgan fingerprint density at radius 3 is 2.61 bits per heavy atom. The third kappa shape index (κ3) is 4.31. The molecule has 0 atom stereocenters. The highest BCUT2D eigenvalue weighted by molar-refractivity contribution is 5.99. The third-order valence-corrected chi connectivity index (χ3v) is 5.24. The predicted molar refractivity (Wildman–Crippen MR) is 125 cm³/mol. The number of nitrogens with one attached hydrogen (secondary N) is 3. The molecule has 4 heterocycles. The average Bonchev–Trinajstić information content (AvgIpc) is 3.52. The van der Waals surface area contributed by atoms with Crippen LogP contribution in [0.3, 0.4) is 0 Å². The molecule has 0 unspecified atom stereocenters. The molecular weight excluding hydrogens is 418 g/mol. The van der Waals surface area contributed by atoms with Crippen molar-refractivity contribution in [3.05, 3.63) is 72.5 Å². The minimum atomic E-state index is -0.183. The molecule has 0 aliphatic heterocycles. The van der Waals surface area contributed by atoms with Crippen LogP contribution in [0.5, 0.6) is 0 Å². The van der Waals surface area contributed by atoms with Crippen molar-refractivity contribution in [2.45, 2.75) is 13.5 Å². The molecule has 33 heavy (non-hydrogen) atoms. The third-order valence-electron chi connectivity index (χ3n) is 5.24. The van der Waals surface area contributed by atoms with Crippen molar-refractivity contribution in [3.8, 4) is 11.4 Å². The van der Waals surface area contributed by atoms with E-state index in [-0.39, 0.29) is 5.91 Å². The van der Waals surface area contributed by atoms with Crippen molar-refractivity contribution in [1.82, 2.24) is 39.4 Å². The molecule has 3 N–H and O–H groups in total. The molecule has 0 saturated heterocycles. The Bertz CT molecular complexity index is 1460. The maximum absolute atomic E-state index is 12.6. The molecule has 0 aliphatic carbocycles. The molecule has 1 amide bonds. The SMILES string of the molecule is Cc1cc(Nc2nccc(-c3cn(C)cn3)n2)cc2cc(C(=O)NCc3cn(C)cn3)[nH]c12. The number of carbonyl (C=O) groups is 1. The summed E-state index contributed by atoms with van der Waals surface area (Å²) >= 11 is 0. The van der Waals surface area contributed by atoms with Gasteiger partial charge >= 0.3 is 0 Å². The van der Waals surface area contributed by atoms with Crippen LogP contribution in [0.15, 0.2) is 55.5 Å². The molecule has 5 rings (SSSR count). The number of benzene rings is 1. The number of amides is 1. The minimum absolute atomic E-state index is 0.183. The molecule has 0 aliphatic rings. The van der Waals surface area contributed by atoms with Crippen molar-refractivity contribution >= 4 is 28.4 Å². The normalized spacial score (nSPS) is 11.1. The summed E-state index contributed by atoms with van der Waals surface area (Å²) in [5.74, 6) is 0.290. The Kier molecular flexibility index (Phi) is 5.09. The van der Waals surface area contributed by atoms with Crippen LogP contribution in [0.4, 0.5) is 11.6 Å². The average molecular weight is 441 g/mol. The Labute approximate surface area is 189 Å². The van der Waals surface area contributed by atoms with E-state index in [1.165, 1.54) is 0 Å². The summed E-state index contributed by atoms with van der Waals surface area (Å²) in [6, 6.07) is 7.62. The van der Waals surface area contributed by atoms with Gasteiger partial charge in [-0.1, -0.05) is 0 Å². The molecule has 10 heteroatoms. The Balaban J connectivity index is 1.35. The van der Waals surface area contributed by atoms with Crippen molar-refractivity contribution in [3.63, 3.8) is 0 Å². The van der Waals surface area contributed by atoms with Gasteiger partial charge in [-0.25, -0.2) is 19.9 Å². The number of anilines is 2. The van der Waals surface area contributed by atoms with E-state index in [9.17, 15) is 4.79 Å². The van der Waals surface area contributed by atoms with Gasteiger partial charge < -0.3 is 24.8 Å². The molecule has 4 aromatic heterocycles. The molecule has 1 aromatic carbocycles. The number of carbonyl (C=O) groups excluding carboxylic acids is 1. The van der Waals surface area contributed by atoms with Crippen LogP contribution in [0.2, 0.25) is 0 Å². The number of hydrogen-bond acceptors (Lipinski definition) is 6.